The highest BCUT2D eigenvalue weighted by Gasteiger charge is 2.55. The van der Waals surface area contributed by atoms with E-state index in [0.29, 0.717) is 30.9 Å². The molecule has 8 heteroatoms. The maximum Gasteiger partial charge on any atom is 0.317 e. The van der Waals surface area contributed by atoms with Crippen LogP contribution in [0.1, 0.15) is 28.9 Å². The molecule has 0 bridgehead atoms. The lowest BCUT2D eigenvalue weighted by molar-refractivity contribution is -0.149. The van der Waals surface area contributed by atoms with Crippen molar-refractivity contribution in [1.29, 1.82) is 0 Å². The number of carbonyl (C=O) groups is 3. The molecule has 0 aromatic carbocycles. The van der Waals surface area contributed by atoms with Crippen molar-refractivity contribution in [3.8, 4) is 0 Å². The lowest BCUT2D eigenvalue weighted by atomic mass is 9.81. The number of carboxylic acids is 1. The van der Waals surface area contributed by atoms with Gasteiger partial charge in [-0.1, -0.05) is 12.5 Å². The minimum absolute atomic E-state index is 0.0549. The first-order valence-corrected chi connectivity index (χ1v) is 8.99. The van der Waals surface area contributed by atoms with E-state index in [4.69, 9.17) is 0 Å². The zero-order chi connectivity index (χ0) is 17.2. The standard InChI is InChI=1S/C16H21N3O4S/c20-13(12-4-2-8-24-12)17-6-7-18-15(23)19-9-11-3-1-5-16(11,10-19)14(21)22/h2,4,8,11H,1,3,5-7,9-10H2,(H,17,20)(H,18,23)(H,21,22)/t11-,16+/m0/s1. The van der Waals surface area contributed by atoms with Gasteiger partial charge in [-0.3, -0.25) is 9.59 Å². The van der Waals surface area contributed by atoms with Gasteiger partial charge in [0.2, 0.25) is 0 Å². The second-order valence-corrected chi connectivity index (χ2v) is 7.34. The van der Waals surface area contributed by atoms with Gasteiger partial charge in [0.05, 0.1) is 10.3 Å². The molecule has 2 aliphatic rings. The van der Waals surface area contributed by atoms with Gasteiger partial charge in [0.25, 0.3) is 5.91 Å². The third-order valence-corrected chi connectivity index (χ3v) is 5.88. The average molecular weight is 351 g/mol. The van der Waals surface area contributed by atoms with Crippen molar-refractivity contribution in [2.45, 2.75) is 19.3 Å². The van der Waals surface area contributed by atoms with E-state index in [0.717, 1.165) is 12.8 Å². The summed E-state index contributed by atoms with van der Waals surface area (Å²) in [5.74, 6) is -0.887. The zero-order valence-electron chi connectivity index (χ0n) is 13.3. The van der Waals surface area contributed by atoms with Crippen molar-refractivity contribution in [2.24, 2.45) is 11.3 Å². The van der Waals surface area contributed by atoms with Crippen LogP contribution in [-0.4, -0.2) is 54.1 Å². The summed E-state index contributed by atoms with van der Waals surface area (Å²) in [6.07, 6.45) is 2.43. The summed E-state index contributed by atoms with van der Waals surface area (Å²) in [4.78, 5) is 37.8. The van der Waals surface area contributed by atoms with Crippen LogP contribution in [0.5, 0.6) is 0 Å². The maximum absolute atomic E-state index is 12.2. The van der Waals surface area contributed by atoms with Gasteiger partial charge >= 0.3 is 12.0 Å². The number of fused-ring (bicyclic) bond motifs is 1. The van der Waals surface area contributed by atoms with Crippen molar-refractivity contribution in [2.75, 3.05) is 26.2 Å². The average Bonchev–Trinajstić information content (AvgIpc) is 3.25. The van der Waals surface area contributed by atoms with E-state index in [1.54, 1.807) is 11.0 Å². The molecule has 3 rings (SSSR count). The van der Waals surface area contributed by atoms with Gasteiger partial charge in [-0.25, -0.2) is 4.79 Å². The Kier molecular flexibility index (Phi) is 4.75. The Bertz CT molecular complexity index is 633. The van der Waals surface area contributed by atoms with E-state index in [9.17, 15) is 19.5 Å². The molecular formula is C16H21N3O4S. The van der Waals surface area contributed by atoms with Crippen LogP contribution in [0, 0.1) is 11.3 Å². The van der Waals surface area contributed by atoms with Crippen LogP contribution in [0.25, 0.3) is 0 Å². The summed E-state index contributed by atoms with van der Waals surface area (Å²) >= 11 is 1.36. The molecule has 1 saturated heterocycles. The zero-order valence-corrected chi connectivity index (χ0v) is 14.1. The molecule has 0 unspecified atom stereocenters. The number of likely N-dealkylation sites (tertiary alicyclic amines) is 1. The number of amides is 3. The van der Waals surface area contributed by atoms with Gasteiger partial charge in [0.15, 0.2) is 0 Å². The molecule has 1 aliphatic heterocycles. The molecule has 2 fully saturated rings. The number of hydrogen-bond acceptors (Lipinski definition) is 4. The molecule has 0 spiro atoms. The van der Waals surface area contributed by atoms with E-state index < -0.39 is 11.4 Å². The van der Waals surface area contributed by atoms with Crippen molar-refractivity contribution in [3.05, 3.63) is 22.4 Å². The molecule has 24 heavy (non-hydrogen) atoms. The minimum atomic E-state index is -0.788. The third-order valence-electron chi connectivity index (χ3n) is 5.02. The summed E-state index contributed by atoms with van der Waals surface area (Å²) in [6, 6.07) is 3.30. The first-order valence-electron chi connectivity index (χ1n) is 8.11. The number of nitrogens with zero attached hydrogens (tertiary/aromatic N) is 1. The summed E-state index contributed by atoms with van der Waals surface area (Å²) in [6.45, 7) is 1.43. The van der Waals surface area contributed by atoms with Crippen LogP contribution in [0.3, 0.4) is 0 Å². The first kappa shape index (κ1) is 16.8. The van der Waals surface area contributed by atoms with Gasteiger partial charge in [-0.2, -0.15) is 0 Å². The Hall–Kier alpha value is -2.09. The van der Waals surface area contributed by atoms with Crippen molar-refractivity contribution in [3.63, 3.8) is 0 Å². The minimum Gasteiger partial charge on any atom is -0.481 e. The smallest absolute Gasteiger partial charge is 0.317 e. The second kappa shape index (κ2) is 6.80. The van der Waals surface area contributed by atoms with E-state index in [2.05, 4.69) is 10.6 Å². The Balaban J connectivity index is 1.43. The van der Waals surface area contributed by atoms with Crippen LogP contribution in [-0.2, 0) is 4.79 Å². The molecule has 1 aliphatic carbocycles. The van der Waals surface area contributed by atoms with E-state index in [1.807, 2.05) is 11.4 Å². The fourth-order valence-electron chi connectivity index (χ4n) is 3.75. The Labute approximate surface area is 144 Å². The van der Waals surface area contributed by atoms with Crippen LogP contribution in [0.2, 0.25) is 0 Å². The van der Waals surface area contributed by atoms with Crippen LogP contribution in [0.15, 0.2) is 17.5 Å². The number of carboxylic acid groups (broad SMARTS) is 1. The predicted molar refractivity (Wildman–Crippen MR) is 89.0 cm³/mol. The molecule has 130 valence electrons. The van der Waals surface area contributed by atoms with Gasteiger partial charge in [-0.05, 0) is 30.2 Å². The summed E-state index contributed by atoms with van der Waals surface area (Å²) in [5.41, 5.74) is -0.759. The summed E-state index contributed by atoms with van der Waals surface area (Å²) in [5, 5.41) is 16.9. The number of urea groups is 1. The number of hydrogen-bond donors (Lipinski definition) is 3. The molecule has 1 saturated carbocycles. The van der Waals surface area contributed by atoms with Crippen LogP contribution in [0.4, 0.5) is 4.79 Å². The highest BCUT2D eigenvalue weighted by Crippen LogP contribution is 2.48. The highest BCUT2D eigenvalue weighted by molar-refractivity contribution is 7.12. The fourth-order valence-corrected chi connectivity index (χ4v) is 4.39. The topological polar surface area (TPSA) is 98.7 Å². The fraction of sp³-hybridized carbons (Fsp3) is 0.562. The SMILES string of the molecule is O=C(NCCNC(=O)N1C[C@@H]2CCC[C@@]2(C(=O)O)C1)c1cccs1. The molecule has 1 aromatic rings. The summed E-state index contributed by atoms with van der Waals surface area (Å²) < 4.78 is 0. The molecule has 3 N–H and O–H groups in total. The molecule has 0 radical (unpaired) electrons. The Morgan fingerprint density at radius 1 is 1.33 bits per heavy atom. The lowest BCUT2D eigenvalue weighted by Gasteiger charge is -2.23. The molecule has 7 nitrogen and oxygen atoms in total. The molecule has 3 amide bonds. The molecule has 2 atom stereocenters. The lowest BCUT2D eigenvalue weighted by Crippen LogP contribution is -2.43. The monoisotopic (exact) mass is 351 g/mol. The van der Waals surface area contributed by atoms with Gasteiger partial charge in [-0.15, -0.1) is 11.3 Å². The predicted octanol–water partition coefficient (Wildman–Crippen LogP) is 1.37. The second-order valence-electron chi connectivity index (χ2n) is 6.40. The van der Waals surface area contributed by atoms with Gasteiger partial charge in [0, 0.05) is 26.2 Å². The quantitative estimate of drug-likeness (QED) is 0.698. The maximum atomic E-state index is 12.2. The van der Waals surface area contributed by atoms with Gasteiger partial charge < -0.3 is 20.6 Å². The van der Waals surface area contributed by atoms with Crippen LogP contribution < -0.4 is 10.6 Å². The Morgan fingerprint density at radius 3 is 2.79 bits per heavy atom. The van der Waals surface area contributed by atoms with Crippen LogP contribution >= 0.6 is 11.3 Å². The third kappa shape index (κ3) is 3.10. The van der Waals surface area contributed by atoms with E-state index in [1.165, 1.54) is 11.3 Å². The van der Waals surface area contributed by atoms with E-state index >= 15 is 0 Å². The number of aliphatic carboxylic acids is 1. The van der Waals surface area contributed by atoms with Crippen molar-refractivity contribution < 1.29 is 19.5 Å². The molecular weight excluding hydrogens is 330 g/mol. The number of carbonyl (C=O) groups excluding carboxylic acids is 2. The number of rotatable bonds is 5. The Morgan fingerprint density at radius 2 is 2.12 bits per heavy atom. The van der Waals surface area contributed by atoms with Gasteiger partial charge in [0.1, 0.15) is 0 Å². The first-order chi connectivity index (χ1) is 11.5. The normalized spacial score (nSPS) is 25.3. The largest absolute Gasteiger partial charge is 0.481 e. The molecule has 1 aromatic heterocycles. The number of nitrogens with one attached hydrogen (secondary N) is 2. The van der Waals surface area contributed by atoms with E-state index in [-0.39, 0.29) is 24.4 Å². The molecule has 2 heterocycles. The highest BCUT2D eigenvalue weighted by atomic mass is 32.1. The van der Waals surface area contributed by atoms with Crippen molar-refractivity contribution in [1.82, 2.24) is 15.5 Å². The number of thiophene rings is 1. The summed E-state index contributed by atoms with van der Waals surface area (Å²) in [7, 11) is 0. The van der Waals surface area contributed by atoms with Crippen molar-refractivity contribution >= 4 is 29.2 Å².